The Morgan fingerprint density at radius 3 is 2.71 bits per heavy atom. The minimum Gasteiger partial charge on any atom is -0.462 e. The predicted molar refractivity (Wildman–Crippen MR) is 108 cm³/mol. The van der Waals surface area contributed by atoms with E-state index in [0.717, 1.165) is 6.42 Å². The summed E-state index contributed by atoms with van der Waals surface area (Å²) in [6.45, 7) is 1.97. The van der Waals surface area contributed by atoms with E-state index < -0.39 is 17.7 Å². The number of nitrogens with one attached hydrogen (secondary N) is 1. The van der Waals surface area contributed by atoms with E-state index >= 15 is 0 Å². The normalized spacial score (nSPS) is 16.7. The van der Waals surface area contributed by atoms with Gasteiger partial charge in [-0.2, -0.15) is 0 Å². The highest BCUT2D eigenvalue weighted by Gasteiger charge is 2.33. The molecule has 2 aromatic carbocycles. The second-order valence-corrected chi connectivity index (χ2v) is 7.60. The van der Waals surface area contributed by atoms with Gasteiger partial charge in [0.1, 0.15) is 5.82 Å². The molecule has 0 spiro atoms. The minimum atomic E-state index is -0.465. The van der Waals surface area contributed by atoms with Gasteiger partial charge >= 0.3 is 5.97 Å². The third kappa shape index (κ3) is 4.87. The van der Waals surface area contributed by atoms with Crippen LogP contribution in [-0.4, -0.2) is 18.5 Å². The van der Waals surface area contributed by atoms with Crippen LogP contribution >= 0.6 is 15.9 Å². The molecule has 1 atom stereocenters. The molecule has 146 valence electrons. The number of rotatable bonds is 6. The Labute approximate surface area is 171 Å². The van der Waals surface area contributed by atoms with Crippen molar-refractivity contribution in [2.24, 2.45) is 0 Å². The van der Waals surface area contributed by atoms with Crippen LogP contribution in [0.3, 0.4) is 0 Å². The van der Waals surface area contributed by atoms with Crippen LogP contribution < -0.4 is 5.32 Å². The summed E-state index contributed by atoms with van der Waals surface area (Å²) in [7, 11) is 0. The first kappa shape index (κ1) is 20.3. The summed E-state index contributed by atoms with van der Waals surface area (Å²) < 4.78 is 19.4. The van der Waals surface area contributed by atoms with Gasteiger partial charge in [-0.25, -0.2) is 9.18 Å². The number of allylic oxidation sites excluding steroid dienone is 1. The average molecular weight is 446 g/mol. The molecule has 0 bridgehead atoms. The number of benzene rings is 2. The van der Waals surface area contributed by atoms with Crippen LogP contribution in [-0.2, 0) is 20.7 Å². The molecule has 2 aromatic rings. The zero-order chi connectivity index (χ0) is 20.1. The van der Waals surface area contributed by atoms with E-state index in [0.29, 0.717) is 27.7 Å². The van der Waals surface area contributed by atoms with Gasteiger partial charge in [0.2, 0.25) is 5.91 Å². The molecule has 0 aliphatic carbocycles. The predicted octanol–water partition coefficient (Wildman–Crippen LogP) is 4.64. The van der Waals surface area contributed by atoms with E-state index in [4.69, 9.17) is 4.74 Å². The number of hydrogen-bond acceptors (Lipinski definition) is 3. The SMILES string of the molecule is CC1=C(C(=O)OCCCc2ccccc2)C(c2ccc(F)c(Br)c2)CC(=O)N1. The summed E-state index contributed by atoms with van der Waals surface area (Å²) in [5.41, 5.74) is 2.78. The molecule has 1 aliphatic rings. The maximum absolute atomic E-state index is 13.6. The standard InChI is InChI=1S/C22H21BrFNO3/c1-14-21(22(27)28-11-5-8-15-6-3-2-4-7-15)17(13-20(26)25-14)16-9-10-19(24)18(23)12-16/h2-4,6-7,9-10,12,17H,5,8,11,13H2,1H3,(H,25,26). The number of hydrogen-bond donors (Lipinski definition) is 1. The minimum absolute atomic E-state index is 0.115. The molecule has 1 unspecified atom stereocenters. The number of esters is 1. The molecule has 0 saturated heterocycles. The van der Waals surface area contributed by atoms with Crippen molar-refractivity contribution in [3.05, 3.63) is 81.2 Å². The number of amides is 1. The molecule has 6 heteroatoms. The Kier molecular flexibility index (Phi) is 6.62. The summed E-state index contributed by atoms with van der Waals surface area (Å²) in [6, 6.07) is 14.5. The van der Waals surface area contributed by atoms with Crippen LogP contribution in [0.15, 0.2) is 64.3 Å². The molecular formula is C22H21BrFNO3. The molecule has 1 N–H and O–H groups in total. The Hall–Kier alpha value is -2.47. The summed E-state index contributed by atoms with van der Waals surface area (Å²) in [4.78, 5) is 24.8. The Morgan fingerprint density at radius 2 is 2.00 bits per heavy atom. The van der Waals surface area contributed by atoms with Gasteiger partial charge in [0.25, 0.3) is 0 Å². The van der Waals surface area contributed by atoms with Crippen LogP contribution in [0.1, 0.15) is 36.8 Å². The smallest absolute Gasteiger partial charge is 0.336 e. The lowest BCUT2D eigenvalue weighted by atomic mass is 9.84. The first-order chi connectivity index (χ1) is 13.5. The van der Waals surface area contributed by atoms with E-state index in [2.05, 4.69) is 21.2 Å². The Morgan fingerprint density at radius 1 is 1.25 bits per heavy atom. The van der Waals surface area contributed by atoms with Crippen molar-refractivity contribution < 1.29 is 18.7 Å². The van der Waals surface area contributed by atoms with Gasteiger partial charge in [-0.3, -0.25) is 4.79 Å². The fourth-order valence-corrected chi connectivity index (χ4v) is 3.75. The van der Waals surface area contributed by atoms with Gasteiger partial charge in [-0.15, -0.1) is 0 Å². The molecular weight excluding hydrogens is 425 g/mol. The summed E-state index contributed by atoms with van der Waals surface area (Å²) in [5, 5.41) is 2.71. The number of halogens is 2. The van der Waals surface area contributed by atoms with E-state index in [1.54, 1.807) is 19.1 Å². The largest absolute Gasteiger partial charge is 0.462 e. The van der Waals surface area contributed by atoms with Crippen molar-refractivity contribution in [1.29, 1.82) is 0 Å². The molecule has 0 radical (unpaired) electrons. The Bertz CT molecular complexity index is 911. The maximum Gasteiger partial charge on any atom is 0.336 e. The van der Waals surface area contributed by atoms with E-state index in [9.17, 15) is 14.0 Å². The number of aryl methyl sites for hydroxylation is 1. The lowest BCUT2D eigenvalue weighted by Gasteiger charge is -2.26. The van der Waals surface area contributed by atoms with Crippen molar-refractivity contribution in [3.63, 3.8) is 0 Å². The number of carbonyl (C=O) groups is 2. The van der Waals surface area contributed by atoms with Crippen LogP contribution in [0.2, 0.25) is 0 Å². The topological polar surface area (TPSA) is 55.4 Å². The molecule has 0 saturated carbocycles. The monoisotopic (exact) mass is 445 g/mol. The fraction of sp³-hybridized carbons (Fsp3) is 0.273. The van der Waals surface area contributed by atoms with Crippen LogP contribution in [0.25, 0.3) is 0 Å². The highest BCUT2D eigenvalue weighted by atomic mass is 79.9. The van der Waals surface area contributed by atoms with Gasteiger partial charge in [-0.1, -0.05) is 36.4 Å². The van der Waals surface area contributed by atoms with Gasteiger partial charge in [0, 0.05) is 18.0 Å². The average Bonchev–Trinajstić information content (AvgIpc) is 2.67. The van der Waals surface area contributed by atoms with Crippen molar-refractivity contribution in [3.8, 4) is 0 Å². The lowest BCUT2D eigenvalue weighted by Crippen LogP contribution is -2.34. The van der Waals surface area contributed by atoms with Crippen molar-refractivity contribution in [1.82, 2.24) is 5.32 Å². The molecule has 0 aromatic heterocycles. The lowest BCUT2D eigenvalue weighted by molar-refractivity contribution is -0.139. The molecule has 0 fully saturated rings. The van der Waals surface area contributed by atoms with Crippen molar-refractivity contribution in [2.75, 3.05) is 6.61 Å². The summed E-state index contributed by atoms with van der Waals surface area (Å²) in [6.07, 6.45) is 1.64. The third-order valence-corrected chi connectivity index (χ3v) is 5.33. The zero-order valence-corrected chi connectivity index (χ0v) is 17.1. The van der Waals surface area contributed by atoms with Crippen LogP contribution in [0.4, 0.5) is 4.39 Å². The fourth-order valence-electron chi connectivity index (χ4n) is 3.35. The second kappa shape index (κ2) is 9.15. The van der Waals surface area contributed by atoms with Gasteiger partial charge in [0.05, 0.1) is 16.7 Å². The van der Waals surface area contributed by atoms with Crippen LogP contribution in [0, 0.1) is 5.82 Å². The Balaban J connectivity index is 1.70. The molecule has 4 nitrogen and oxygen atoms in total. The van der Waals surface area contributed by atoms with Crippen LogP contribution in [0.5, 0.6) is 0 Å². The summed E-state index contributed by atoms with van der Waals surface area (Å²) in [5.74, 6) is -1.48. The maximum atomic E-state index is 13.6. The molecule has 1 heterocycles. The highest BCUT2D eigenvalue weighted by Crippen LogP contribution is 2.35. The first-order valence-electron chi connectivity index (χ1n) is 9.12. The summed E-state index contributed by atoms with van der Waals surface area (Å²) >= 11 is 3.17. The first-order valence-corrected chi connectivity index (χ1v) is 9.91. The highest BCUT2D eigenvalue weighted by molar-refractivity contribution is 9.10. The molecule has 3 rings (SSSR count). The van der Waals surface area contributed by atoms with Crippen molar-refractivity contribution >= 4 is 27.8 Å². The van der Waals surface area contributed by atoms with Gasteiger partial charge in [0.15, 0.2) is 0 Å². The van der Waals surface area contributed by atoms with Gasteiger partial charge < -0.3 is 10.1 Å². The number of carbonyl (C=O) groups excluding carboxylic acids is 2. The van der Waals surface area contributed by atoms with E-state index in [1.807, 2.05) is 30.3 Å². The molecule has 1 aliphatic heterocycles. The van der Waals surface area contributed by atoms with E-state index in [1.165, 1.54) is 11.6 Å². The second-order valence-electron chi connectivity index (χ2n) is 6.74. The molecule has 28 heavy (non-hydrogen) atoms. The third-order valence-electron chi connectivity index (χ3n) is 4.72. The zero-order valence-electron chi connectivity index (χ0n) is 15.5. The van der Waals surface area contributed by atoms with Crippen molar-refractivity contribution in [2.45, 2.75) is 32.1 Å². The van der Waals surface area contributed by atoms with Gasteiger partial charge in [-0.05, 0) is 59.0 Å². The van der Waals surface area contributed by atoms with E-state index in [-0.39, 0.29) is 18.9 Å². The quantitative estimate of drug-likeness (QED) is 0.520. The molecule has 1 amide bonds. The number of ether oxygens (including phenoxy) is 1.